The first kappa shape index (κ1) is 16.8. The molecule has 1 heterocycles. The zero-order valence-electron chi connectivity index (χ0n) is 12.2. The molecule has 0 saturated carbocycles. The highest BCUT2D eigenvalue weighted by Gasteiger charge is 2.31. The van der Waals surface area contributed by atoms with E-state index in [1.165, 1.54) is 0 Å². The van der Waals surface area contributed by atoms with Gasteiger partial charge in [-0.25, -0.2) is 0 Å². The molecule has 1 fully saturated rings. The Morgan fingerprint density at radius 2 is 2.19 bits per heavy atom. The van der Waals surface area contributed by atoms with E-state index < -0.39 is 0 Å². The van der Waals surface area contributed by atoms with Gasteiger partial charge in [-0.1, -0.05) is 29.6 Å². The molecule has 0 aliphatic carbocycles. The van der Waals surface area contributed by atoms with Crippen LogP contribution < -0.4 is 0 Å². The summed E-state index contributed by atoms with van der Waals surface area (Å²) in [6, 6.07) is 5.02. The van der Waals surface area contributed by atoms with Crippen LogP contribution in [0.4, 0.5) is 0 Å². The maximum atomic E-state index is 12.7. The monoisotopic (exact) mass is 329 g/mol. The molecule has 1 aliphatic rings. The number of halogens is 2. The molecule has 2 rings (SSSR count). The van der Waals surface area contributed by atoms with Crippen molar-refractivity contribution in [1.29, 1.82) is 0 Å². The van der Waals surface area contributed by atoms with Crippen molar-refractivity contribution in [2.24, 2.45) is 0 Å². The molecule has 1 aromatic rings. The van der Waals surface area contributed by atoms with Crippen LogP contribution >= 0.6 is 23.2 Å². The number of rotatable bonds is 5. The molecule has 1 saturated heterocycles. The second-order valence-electron chi connectivity index (χ2n) is 5.56. The van der Waals surface area contributed by atoms with Gasteiger partial charge in [-0.2, -0.15) is 0 Å². The fourth-order valence-electron chi connectivity index (χ4n) is 3.06. The maximum absolute atomic E-state index is 12.7. The molecule has 21 heavy (non-hydrogen) atoms. The van der Waals surface area contributed by atoms with Gasteiger partial charge in [0, 0.05) is 23.2 Å². The number of likely N-dealkylation sites (tertiary alicyclic amines) is 1. The van der Waals surface area contributed by atoms with E-state index in [1.54, 1.807) is 18.2 Å². The Labute approximate surface area is 135 Å². The second-order valence-corrected chi connectivity index (χ2v) is 6.41. The predicted octanol–water partition coefficient (Wildman–Crippen LogP) is 3.80. The van der Waals surface area contributed by atoms with E-state index in [9.17, 15) is 9.90 Å². The number of nitrogens with zero attached hydrogens (tertiary/aromatic N) is 1. The summed E-state index contributed by atoms with van der Waals surface area (Å²) in [5, 5.41) is 10.1. The van der Waals surface area contributed by atoms with Crippen molar-refractivity contribution >= 4 is 29.0 Å². The molecule has 1 aliphatic heterocycles. The fourth-order valence-corrected chi connectivity index (χ4v) is 3.56. The number of benzene rings is 1. The van der Waals surface area contributed by atoms with Gasteiger partial charge in [-0.3, -0.25) is 9.69 Å². The zero-order valence-corrected chi connectivity index (χ0v) is 13.7. The van der Waals surface area contributed by atoms with Crippen molar-refractivity contribution in [3.05, 3.63) is 33.8 Å². The van der Waals surface area contributed by atoms with E-state index in [0.717, 1.165) is 25.8 Å². The molecule has 2 atom stereocenters. The number of aliphatic hydroxyl groups is 1. The number of carbonyl (C=O) groups excluding carboxylic acids is 1. The smallest absolute Gasteiger partial charge is 0.181 e. The third-order valence-corrected chi connectivity index (χ3v) is 4.76. The summed E-state index contributed by atoms with van der Waals surface area (Å²) in [4.78, 5) is 14.9. The van der Waals surface area contributed by atoms with Crippen molar-refractivity contribution in [3.63, 3.8) is 0 Å². The van der Waals surface area contributed by atoms with Crippen LogP contribution in [0.2, 0.25) is 10.0 Å². The molecule has 0 bridgehead atoms. The summed E-state index contributed by atoms with van der Waals surface area (Å²) in [7, 11) is 0. The Morgan fingerprint density at radius 3 is 2.86 bits per heavy atom. The van der Waals surface area contributed by atoms with Gasteiger partial charge in [0.25, 0.3) is 0 Å². The van der Waals surface area contributed by atoms with Crippen molar-refractivity contribution in [2.45, 2.75) is 44.7 Å². The van der Waals surface area contributed by atoms with Crippen molar-refractivity contribution in [1.82, 2.24) is 4.90 Å². The van der Waals surface area contributed by atoms with Gasteiger partial charge in [0.05, 0.1) is 11.1 Å². The molecular formula is C16H21Cl2NO2. The van der Waals surface area contributed by atoms with Crippen LogP contribution in [-0.2, 0) is 0 Å². The lowest BCUT2D eigenvalue weighted by Gasteiger charge is -2.39. The number of hydrogen-bond acceptors (Lipinski definition) is 3. The van der Waals surface area contributed by atoms with Crippen LogP contribution in [0.25, 0.3) is 0 Å². The minimum Gasteiger partial charge on any atom is -0.396 e. The second kappa shape index (κ2) is 7.59. The summed E-state index contributed by atoms with van der Waals surface area (Å²) in [5.41, 5.74) is 0.516. The molecule has 0 spiro atoms. The van der Waals surface area contributed by atoms with Gasteiger partial charge in [0.1, 0.15) is 0 Å². The minimum atomic E-state index is -0.236. The van der Waals surface area contributed by atoms with Crippen LogP contribution in [0.3, 0.4) is 0 Å². The quantitative estimate of drug-likeness (QED) is 0.835. The Hall–Kier alpha value is -0.610. The average Bonchev–Trinajstić information content (AvgIpc) is 2.47. The van der Waals surface area contributed by atoms with Crippen LogP contribution in [0, 0.1) is 0 Å². The summed E-state index contributed by atoms with van der Waals surface area (Å²) in [5.74, 6) is 0.0153. The Morgan fingerprint density at radius 1 is 1.43 bits per heavy atom. The lowest BCUT2D eigenvalue weighted by atomic mass is 9.95. The molecule has 1 N–H and O–H groups in total. The van der Waals surface area contributed by atoms with Gasteiger partial charge in [-0.05, 0) is 50.9 Å². The summed E-state index contributed by atoms with van der Waals surface area (Å²) in [6.45, 7) is 2.97. The number of Topliss-reactive ketones (excluding diaryl/α,β-unsaturated/α-hetero) is 1. The predicted molar refractivity (Wildman–Crippen MR) is 86.3 cm³/mol. The molecule has 5 heteroatoms. The maximum Gasteiger partial charge on any atom is 0.181 e. The first-order valence-electron chi connectivity index (χ1n) is 7.40. The van der Waals surface area contributed by atoms with Gasteiger partial charge in [0.15, 0.2) is 5.78 Å². The first-order chi connectivity index (χ1) is 10.0. The lowest BCUT2D eigenvalue weighted by molar-refractivity contribution is 0.0604. The van der Waals surface area contributed by atoms with Crippen molar-refractivity contribution < 1.29 is 9.90 Å². The normalized spacial score (nSPS) is 21.2. The van der Waals surface area contributed by atoms with Gasteiger partial charge in [0.2, 0.25) is 0 Å². The fraction of sp³-hybridized carbons (Fsp3) is 0.562. The average molecular weight is 330 g/mol. The molecule has 0 amide bonds. The van der Waals surface area contributed by atoms with Crippen molar-refractivity contribution in [3.8, 4) is 0 Å². The first-order valence-corrected chi connectivity index (χ1v) is 8.16. The van der Waals surface area contributed by atoms with Gasteiger partial charge < -0.3 is 5.11 Å². The highest BCUT2D eigenvalue weighted by Crippen LogP contribution is 2.27. The lowest BCUT2D eigenvalue weighted by Crippen LogP contribution is -2.48. The molecule has 1 aromatic carbocycles. The number of hydrogen-bond donors (Lipinski definition) is 1. The molecular weight excluding hydrogens is 309 g/mol. The third kappa shape index (κ3) is 3.98. The third-order valence-electron chi connectivity index (χ3n) is 4.21. The highest BCUT2D eigenvalue weighted by atomic mass is 35.5. The number of piperidine rings is 1. The Kier molecular flexibility index (Phi) is 6.06. The van der Waals surface area contributed by atoms with Gasteiger partial charge >= 0.3 is 0 Å². The number of aliphatic hydroxyl groups excluding tert-OH is 1. The number of carbonyl (C=O) groups is 1. The van der Waals surface area contributed by atoms with Crippen LogP contribution in [0.15, 0.2) is 18.2 Å². The largest absolute Gasteiger partial charge is 0.396 e. The van der Waals surface area contributed by atoms with E-state index >= 15 is 0 Å². The molecule has 0 radical (unpaired) electrons. The van der Waals surface area contributed by atoms with E-state index in [1.807, 2.05) is 6.92 Å². The standard InChI is InChI=1S/C16H21Cl2NO2/c1-11(19-8-3-2-4-13(19)7-9-20)16(21)14-6-5-12(17)10-15(14)18/h5-6,10-11,13,20H,2-4,7-9H2,1H3. The number of ketones is 1. The summed E-state index contributed by atoms with van der Waals surface area (Å²) < 4.78 is 0. The topological polar surface area (TPSA) is 40.5 Å². The minimum absolute atomic E-state index is 0.0153. The van der Waals surface area contributed by atoms with Gasteiger partial charge in [-0.15, -0.1) is 0 Å². The van der Waals surface area contributed by atoms with E-state index in [-0.39, 0.29) is 24.5 Å². The van der Waals surface area contributed by atoms with Crippen LogP contribution in [0.5, 0.6) is 0 Å². The highest BCUT2D eigenvalue weighted by molar-refractivity contribution is 6.37. The van der Waals surface area contributed by atoms with Crippen molar-refractivity contribution in [2.75, 3.05) is 13.2 Å². The molecule has 116 valence electrons. The van der Waals surface area contributed by atoms with Crippen LogP contribution in [-0.4, -0.2) is 41.0 Å². The zero-order chi connectivity index (χ0) is 15.4. The van der Waals surface area contributed by atoms with Crippen LogP contribution in [0.1, 0.15) is 43.0 Å². The Balaban J connectivity index is 2.17. The van der Waals surface area contributed by atoms with E-state index in [0.29, 0.717) is 22.0 Å². The summed E-state index contributed by atoms with van der Waals surface area (Å²) >= 11 is 12.0. The van der Waals surface area contributed by atoms with E-state index in [2.05, 4.69) is 4.90 Å². The SMILES string of the molecule is CC(C(=O)c1ccc(Cl)cc1Cl)N1CCCCC1CCO. The summed E-state index contributed by atoms with van der Waals surface area (Å²) in [6.07, 6.45) is 4.00. The molecule has 0 aromatic heterocycles. The Bertz CT molecular complexity index is 505. The van der Waals surface area contributed by atoms with E-state index in [4.69, 9.17) is 23.2 Å². The molecule has 2 unspecified atom stereocenters. The molecule has 3 nitrogen and oxygen atoms in total.